The topological polar surface area (TPSA) is 111 Å². The third kappa shape index (κ3) is 51.0. The van der Waals surface area contributed by atoms with E-state index in [4.69, 9.17) is 13.8 Å². The van der Waals surface area contributed by atoms with E-state index in [-0.39, 0.29) is 31.5 Å². The molecule has 0 fully saturated rings. The first kappa shape index (κ1) is 67.2. The van der Waals surface area contributed by atoms with Crippen molar-refractivity contribution in [1.29, 1.82) is 0 Å². The van der Waals surface area contributed by atoms with Crippen LogP contribution in [0.1, 0.15) is 278 Å². The molecule has 10 heteroatoms. The van der Waals surface area contributed by atoms with Gasteiger partial charge in [0.1, 0.15) is 19.3 Å². The van der Waals surface area contributed by atoms with E-state index in [2.05, 4.69) is 50.4 Å². The average Bonchev–Trinajstić information content (AvgIpc) is 3.31. The van der Waals surface area contributed by atoms with Gasteiger partial charge in [0, 0.05) is 12.8 Å². The Hall–Kier alpha value is -1.77. The summed E-state index contributed by atoms with van der Waals surface area (Å²) < 4.78 is 30.6. The molecule has 0 bridgehead atoms. The predicted octanol–water partition coefficient (Wildman–Crippen LogP) is 17.6. The van der Waals surface area contributed by atoms with Gasteiger partial charge in [0.05, 0.1) is 33.8 Å². The van der Waals surface area contributed by atoms with Gasteiger partial charge < -0.3 is 19.4 Å². The number of carbonyl (C=O) groups is 2. The molecule has 9 nitrogen and oxygen atoms in total. The molecule has 0 aliphatic carbocycles. The number of ether oxygens (including phenoxy) is 1. The van der Waals surface area contributed by atoms with E-state index in [0.29, 0.717) is 17.4 Å². The minimum atomic E-state index is -4.44. The minimum absolute atomic E-state index is 0.0410. The number of unbranched alkanes of at least 4 members (excludes halogenated alkanes) is 33. The van der Waals surface area contributed by atoms with Crippen molar-refractivity contribution in [3.63, 3.8) is 0 Å². The van der Waals surface area contributed by atoms with E-state index >= 15 is 0 Å². The van der Waals surface area contributed by atoms with Gasteiger partial charge in [0.25, 0.3) is 0 Å². The van der Waals surface area contributed by atoms with Crippen LogP contribution in [0, 0.1) is 0 Å². The Balaban J connectivity index is 5.30. The van der Waals surface area contributed by atoms with Crippen LogP contribution in [0.15, 0.2) is 36.5 Å². The fraction of sp³-hybridized carbons (Fsp3) is 0.864. The molecular formula is C59H114N2O7P+. The molecule has 3 unspecified atom stereocenters. The van der Waals surface area contributed by atoms with Crippen molar-refractivity contribution >= 4 is 19.7 Å². The van der Waals surface area contributed by atoms with E-state index in [1.165, 1.54) is 161 Å². The smallest absolute Gasteiger partial charge is 0.456 e. The number of hydrogen-bond acceptors (Lipinski definition) is 6. The van der Waals surface area contributed by atoms with Crippen LogP contribution in [-0.4, -0.2) is 74.3 Å². The standard InChI is InChI=1S/C59H113N2O7P/c1-7-10-13-16-19-22-25-28-30-31-32-33-36-39-42-45-48-51-58(62)60-56(55-67-69(64,65)66-54-53-61(4,5)6)57(50-47-44-41-38-35-27-24-21-18-15-12-9-3)68-59(63)52-49-46-43-40-37-34-29-26-23-20-17-14-11-8-2/h11,14,20,23,47,50,56-57H,7-10,12-13,15-19,21-22,24-46,48-49,51-55H2,1-6H3,(H-,60,62,64,65)/p+1/b14-11+,23-20+,50-47+. The summed E-state index contributed by atoms with van der Waals surface area (Å²) in [5.74, 6) is -0.504. The normalized spacial score (nSPS) is 14.0. The molecule has 2 N–H and O–H groups in total. The summed E-state index contributed by atoms with van der Waals surface area (Å²) in [5, 5.41) is 3.05. The van der Waals surface area contributed by atoms with Gasteiger partial charge in [0.15, 0.2) is 0 Å². The molecule has 0 saturated heterocycles. The number of phosphoric ester groups is 1. The summed E-state index contributed by atoms with van der Waals surface area (Å²) >= 11 is 0. The van der Waals surface area contributed by atoms with Crippen LogP contribution in [0.4, 0.5) is 0 Å². The van der Waals surface area contributed by atoms with Crippen molar-refractivity contribution in [2.24, 2.45) is 0 Å². The largest absolute Gasteiger partial charge is 0.472 e. The lowest BCUT2D eigenvalue weighted by molar-refractivity contribution is -0.870. The molecular weight excluding hydrogens is 880 g/mol. The monoisotopic (exact) mass is 994 g/mol. The number of nitrogens with zero attached hydrogens (tertiary/aromatic N) is 1. The summed E-state index contributed by atoms with van der Waals surface area (Å²) in [7, 11) is 1.50. The molecule has 1 amide bonds. The molecule has 0 spiro atoms. The van der Waals surface area contributed by atoms with Crippen molar-refractivity contribution in [2.75, 3.05) is 40.9 Å². The summed E-state index contributed by atoms with van der Waals surface area (Å²) in [4.78, 5) is 37.6. The van der Waals surface area contributed by atoms with Gasteiger partial charge in [-0.25, -0.2) is 4.57 Å². The second-order valence-electron chi connectivity index (χ2n) is 21.1. The molecule has 0 saturated carbocycles. The highest BCUT2D eigenvalue weighted by atomic mass is 31.2. The Kier molecular flexibility index (Phi) is 48.5. The van der Waals surface area contributed by atoms with Crippen LogP contribution in [-0.2, 0) is 27.9 Å². The van der Waals surface area contributed by atoms with Crippen LogP contribution in [0.25, 0.3) is 0 Å². The zero-order valence-electron chi connectivity index (χ0n) is 46.3. The van der Waals surface area contributed by atoms with Crippen LogP contribution >= 0.6 is 7.82 Å². The number of hydrogen-bond donors (Lipinski definition) is 2. The number of nitrogens with one attached hydrogen (secondary N) is 1. The number of rotatable bonds is 53. The van der Waals surface area contributed by atoms with Crippen molar-refractivity contribution < 1.29 is 37.3 Å². The van der Waals surface area contributed by atoms with E-state index in [1.54, 1.807) is 0 Å². The maximum absolute atomic E-state index is 13.5. The zero-order valence-corrected chi connectivity index (χ0v) is 47.2. The van der Waals surface area contributed by atoms with Crippen molar-refractivity contribution in [3.8, 4) is 0 Å². The van der Waals surface area contributed by atoms with Gasteiger partial charge in [-0.3, -0.25) is 18.6 Å². The third-order valence-corrected chi connectivity index (χ3v) is 14.1. The van der Waals surface area contributed by atoms with Crippen LogP contribution in [0.5, 0.6) is 0 Å². The Morgan fingerprint density at radius 1 is 0.522 bits per heavy atom. The SMILES string of the molecule is CC/C=C/C/C=C/CCCCCCCCCC(=O)OC(/C=C/CCCCCCCCCCCC)C(COP(=O)(O)OCC[N+](C)(C)C)NC(=O)CCCCCCCCCCCCCCCCCCC. The Labute approximate surface area is 427 Å². The van der Waals surface area contributed by atoms with Gasteiger partial charge >= 0.3 is 13.8 Å². The average molecular weight is 995 g/mol. The molecule has 69 heavy (non-hydrogen) atoms. The van der Waals surface area contributed by atoms with E-state index in [1.807, 2.05) is 33.3 Å². The zero-order chi connectivity index (χ0) is 50.8. The number of quaternary nitrogens is 1. The molecule has 0 heterocycles. The molecule has 406 valence electrons. The summed E-state index contributed by atoms with van der Waals surface area (Å²) in [6.45, 7) is 6.92. The molecule has 0 radical (unpaired) electrons. The number of esters is 1. The Morgan fingerprint density at radius 2 is 0.928 bits per heavy atom. The fourth-order valence-electron chi connectivity index (χ4n) is 8.57. The molecule has 0 aromatic heterocycles. The Morgan fingerprint density at radius 3 is 1.38 bits per heavy atom. The highest BCUT2D eigenvalue weighted by molar-refractivity contribution is 7.47. The van der Waals surface area contributed by atoms with Gasteiger partial charge in [0.2, 0.25) is 5.91 Å². The molecule has 0 aromatic carbocycles. The highest BCUT2D eigenvalue weighted by Gasteiger charge is 2.30. The van der Waals surface area contributed by atoms with Gasteiger partial charge in [-0.15, -0.1) is 0 Å². The van der Waals surface area contributed by atoms with Crippen LogP contribution in [0.3, 0.4) is 0 Å². The maximum atomic E-state index is 13.5. The lowest BCUT2D eigenvalue weighted by Crippen LogP contribution is -2.47. The first-order valence-electron chi connectivity index (χ1n) is 29.3. The van der Waals surface area contributed by atoms with E-state index in [0.717, 1.165) is 83.5 Å². The second kappa shape index (κ2) is 49.8. The predicted molar refractivity (Wildman–Crippen MR) is 296 cm³/mol. The van der Waals surface area contributed by atoms with Crippen molar-refractivity contribution in [2.45, 2.75) is 290 Å². The molecule has 0 aliphatic heterocycles. The highest BCUT2D eigenvalue weighted by Crippen LogP contribution is 2.43. The number of allylic oxidation sites excluding steroid dienone is 5. The number of amides is 1. The molecule has 0 aliphatic rings. The lowest BCUT2D eigenvalue weighted by atomic mass is 10.0. The van der Waals surface area contributed by atoms with Crippen LogP contribution < -0.4 is 5.32 Å². The number of phosphoric acid groups is 1. The quantitative estimate of drug-likeness (QED) is 0.0205. The first-order valence-corrected chi connectivity index (χ1v) is 30.8. The van der Waals surface area contributed by atoms with Crippen LogP contribution in [0.2, 0.25) is 0 Å². The van der Waals surface area contributed by atoms with Gasteiger partial charge in [-0.1, -0.05) is 244 Å². The molecule has 0 rings (SSSR count). The minimum Gasteiger partial charge on any atom is -0.456 e. The van der Waals surface area contributed by atoms with E-state index in [9.17, 15) is 19.0 Å². The van der Waals surface area contributed by atoms with Crippen molar-refractivity contribution in [1.82, 2.24) is 5.32 Å². The van der Waals surface area contributed by atoms with Crippen molar-refractivity contribution in [3.05, 3.63) is 36.5 Å². The number of likely N-dealkylation sites (N-methyl/N-ethyl adjacent to an activating group) is 1. The summed E-state index contributed by atoms with van der Waals surface area (Å²) in [5.41, 5.74) is 0. The summed E-state index contributed by atoms with van der Waals surface area (Å²) in [6.07, 6.45) is 58.5. The molecule has 3 atom stereocenters. The van der Waals surface area contributed by atoms with Gasteiger partial charge in [-0.2, -0.15) is 0 Å². The summed E-state index contributed by atoms with van der Waals surface area (Å²) in [6, 6.07) is -0.846. The van der Waals surface area contributed by atoms with E-state index < -0.39 is 20.0 Å². The number of carbonyl (C=O) groups excluding carboxylic acids is 2. The first-order chi connectivity index (χ1) is 33.4. The second-order valence-corrected chi connectivity index (χ2v) is 22.6. The maximum Gasteiger partial charge on any atom is 0.472 e. The fourth-order valence-corrected chi connectivity index (χ4v) is 9.30. The van der Waals surface area contributed by atoms with Gasteiger partial charge in [-0.05, 0) is 57.4 Å². The lowest BCUT2D eigenvalue weighted by Gasteiger charge is -2.27. The Bertz CT molecular complexity index is 1280. The molecule has 0 aromatic rings. The third-order valence-electron chi connectivity index (χ3n) is 13.1.